The molecule has 0 radical (unpaired) electrons. The SMILES string of the molecule is CCc1cccc(OCC(=O)Nc2nnc(C3CCCO3)s2)c1. The molecule has 1 saturated heterocycles. The van der Waals surface area contributed by atoms with Gasteiger partial charge >= 0.3 is 0 Å². The molecule has 23 heavy (non-hydrogen) atoms. The van der Waals surface area contributed by atoms with Crippen molar-refractivity contribution in [2.45, 2.75) is 32.3 Å². The number of aromatic nitrogens is 2. The summed E-state index contributed by atoms with van der Waals surface area (Å²) in [6.45, 7) is 2.78. The normalized spacial score (nSPS) is 17.2. The molecule has 1 aromatic heterocycles. The van der Waals surface area contributed by atoms with Crippen molar-refractivity contribution in [3.63, 3.8) is 0 Å². The van der Waals surface area contributed by atoms with Crippen LogP contribution in [-0.2, 0) is 16.0 Å². The minimum Gasteiger partial charge on any atom is -0.484 e. The second kappa shape index (κ2) is 7.52. The summed E-state index contributed by atoms with van der Waals surface area (Å²) < 4.78 is 11.1. The Balaban J connectivity index is 1.51. The molecule has 7 heteroatoms. The molecular weight excluding hydrogens is 314 g/mol. The minimum atomic E-state index is -0.248. The average Bonchev–Trinajstić information content (AvgIpc) is 3.24. The van der Waals surface area contributed by atoms with Gasteiger partial charge in [0.1, 0.15) is 16.9 Å². The lowest BCUT2D eigenvalue weighted by Crippen LogP contribution is -2.20. The van der Waals surface area contributed by atoms with Crippen LogP contribution in [0.25, 0.3) is 0 Å². The van der Waals surface area contributed by atoms with Crippen LogP contribution >= 0.6 is 11.3 Å². The van der Waals surface area contributed by atoms with Crippen molar-refractivity contribution in [2.24, 2.45) is 0 Å². The fourth-order valence-electron chi connectivity index (χ4n) is 2.35. The number of hydrogen-bond acceptors (Lipinski definition) is 6. The second-order valence-electron chi connectivity index (χ2n) is 5.28. The quantitative estimate of drug-likeness (QED) is 0.880. The molecule has 122 valence electrons. The molecule has 1 aliphatic heterocycles. The highest BCUT2D eigenvalue weighted by molar-refractivity contribution is 7.15. The van der Waals surface area contributed by atoms with Crippen LogP contribution in [0.3, 0.4) is 0 Å². The lowest BCUT2D eigenvalue weighted by molar-refractivity contribution is -0.118. The van der Waals surface area contributed by atoms with E-state index in [1.54, 1.807) is 0 Å². The molecule has 1 atom stereocenters. The Morgan fingerprint density at radius 1 is 1.48 bits per heavy atom. The number of amides is 1. The molecule has 6 nitrogen and oxygen atoms in total. The van der Waals surface area contributed by atoms with Crippen molar-refractivity contribution in [1.29, 1.82) is 0 Å². The van der Waals surface area contributed by atoms with Gasteiger partial charge in [-0.1, -0.05) is 30.4 Å². The fraction of sp³-hybridized carbons (Fsp3) is 0.438. The number of carbonyl (C=O) groups excluding carboxylic acids is 1. The standard InChI is InChI=1S/C16H19N3O3S/c1-2-11-5-3-6-12(9-11)22-10-14(20)17-16-19-18-15(23-16)13-7-4-8-21-13/h3,5-6,9,13H,2,4,7-8,10H2,1H3,(H,17,19,20). The number of nitrogens with zero attached hydrogens (tertiary/aromatic N) is 2. The number of nitrogens with one attached hydrogen (secondary N) is 1. The van der Waals surface area contributed by atoms with Crippen molar-refractivity contribution in [3.05, 3.63) is 34.8 Å². The molecule has 2 aromatic rings. The Kier molecular flexibility index (Phi) is 5.19. The van der Waals surface area contributed by atoms with Crippen LogP contribution in [0.1, 0.15) is 36.4 Å². The second-order valence-corrected chi connectivity index (χ2v) is 6.29. The first kappa shape index (κ1) is 15.9. The Morgan fingerprint density at radius 3 is 3.17 bits per heavy atom. The van der Waals surface area contributed by atoms with Crippen LogP contribution in [0.4, 0.5) is 5.13 Å². The minimum absolute atomic E-state index is 0.0196. The Morgan fingerprint density at radius 2 is 2.39 bits per heavy atom. The maximum atomic E-state index is 11.9. The van der Waals surface area contributed by atoms with Crippen molar-refractivity contribution < 1.29 is 14.3 Å². The number of hydrogen-bond donors (Lipinski definition) is 1. The third-order valence-electron chi connectivity index (χ3n) is 3.57. The zero-order chi connectivity index (χ0) is 16.1. The molecule has 2 heterocycles. The van der Waals surface area contributed by atoms with E-state index in [0.717, 1.165) is 30.9 Å². The molecule has 1 fully saturated rings. The molecule has 1 N–H and O–H groups in total. The van der Waals surface area contributed by atoms with Gasteiger partial charge in [-0.05, 0) is 37.0 Å². The lowest BCUT2D eigenvalue weighted by Gasteiger charge is -2.06. The number of aryl methyl sites for hydroxylation is 1. The number of benzene rings is 1. The first-order valence-corrected chi connectivity index (χ1v) is 8.53. The highest BCUT2D eigenvalue weighted by atomic mass is 32.1. The summed E-state index contributed by atoms with van der Waals surface area (Å²) in [6.07, 6.45) is 2.95. The van der Waals surface area contributed by atoms with Gasteiger partial charge in [0.2, 0.25) is 5.13 Å². The van der Waals surface area contributed by atoms with Gasteiger partial charge < -0.3 is 9.47 Å². The van der Waals surface area contributed by atoms with E-state index in [1.807, 2.05) is 24.3 Å². The number of ether oxygens (including phenoxy) is 2. The molecule has 3 rings (SSSR count). The predicted octanol–water partition coefficient (Wildman–Crippen LogP) is 2.97. The third kappa shape index (κ3) is 4.27. The van der Waals surface area contributed by atoms with Gasteiger partial charge in [-0.15, -0.1) is 10.2 Å². The van der Waals surface area contributed by atoms with Crippen LogP contribution in [-0.4, -0.2) is 29.3 Å². The van der Waals surface area contributed by atoms with E-state index in [-0.39, 0.29) is 18.6 Å². The zero-order valence-corrected chi connectivity index (χ0v) is 13.8. The summed E-state index contributed by atoms with van der Waals surface area (Å²) >= 11 is 1.35. The predicted molar refractivity (Wildman–Crippen MR) is 87.8 cm³/mol. The molecule has 0 saturated carbocycles. The Hall–Kier alpha value is -1.99. The monoisotopic (exact) mass is 333 g/mol. The molecule has 0 aliphatic carbocycles. The van der Waals surface area contributed by atoms with Crippen molar-refractivity contribution in [2.75, 3.05) is 18.5 Å². The number of anilines is 1. The highest BCUT2D eigenvalue weighted by Gasteiger charge is 2.22. The first-order chi connectivity index (χ1) is 11.2. The molecule has 1 amide bonds. The van der Waals surface area contributed by atoms with Crippen molar-refractivity contribution >= 4 is 22.4 Å². The summed E-state index contributed by atoms with van der Waals surface area (Å²) in [5, 5.41) is 12.1. The largest absolute Gasteiger partial charge is 0.484 e. The maximum absolute atomic E-state index is 11.9. The van der Waals surface area contributed by atoms with Gasteiger partial charge in [0.05, 0.1) is 0 Å². The summed E-state index contributed by atoms with van der Waals surface area (Å²) in [6, 6.07) is 7.73. The third-order valence-corrected chi connectivity index (χ3v) is 4.50. The fourth-order valence-corrected chi connectivity index (χ4v) is 3.19. The van der Waals surface area contributed by atoms with Gasteiger partial charge in [-0.25, -0.2) is 0 Å². The Bertz CT molecular complexity index is 668. The van der Waals surface area contributed by atoms with Crippen LogP contribution in [0.15, 0.2) is 24.3 Å². The Labute approximate surface area is 138 Å². The van der Waals surface area contributed by atoms with Crippen LogP contribution in [0.5, 0.6) is 5.75 Å². The molecular formula is C16H19N3O3S. The smallest absolute Gasteiger partial charge is 0.264 e. The maximum Gasteiger partial charge on any atom is 0.264 e. The molecule has 0 spiro atoms. The van der Waals surface area contributed by atoms with E-state index in [1.165, 1.54) is 16.9 Å². The summed E-state index contributed by atoms with van der Waals surface area (Å²) in [4.78, 5) is 11.9. The van der Waals surface area contributed by atoms with Crippen LogP contribution < -0.4 is 10.1 Å². The van der Waals surface area contributed by atoms with Gasteiger partial charge in [0, 0.05) is 6.61 Å². The number of rotatable bonds is 6. The van der Waals surface area contributed by atoms with E-state index >= 15 is 0 Å². The summed E-state index contributed by atoms with van der Waals surface area (Å²) in [7, 11) is 0. The van der Waals surface area contributed by atoms with Gasteiger partial charge in [0.15, 0.2) is 6.61 Å². The van der Waals surface area contributed by atoms with E-state index in [0.29, 0.717) is 10.9 Å². The van der Waals surface area contributed by atoms with Crippen LogP contribution in [0, 0.1) is 0 Å². The van der Waals surface area contributed by atoms with Crippen LogP contribution in [0.2, 0.25) is 0 Å². The summed E-state index contributed by atoms with van der Waals surface area (Å²) in [5.41, 5.74) is 1.17. The molecule has 0 bridgehead atoms. The highest BCUT2D eigenvalue weighted by Crippen LogP contribution is 2.31. The van der Waals surface area contributed by atoms with E-state index < -0.39 is 0 Å². The van der Waals surface area contributed by atoms with Crippen molar-refractivity contribution in [3.8, 4) is 5.75 Å². The van der Waals surface area contributed by atoms with E-state index in [4.69, 9.17) is 9.47 Å². The molecule has 1 aliphatic rings. The van der Waals surface area contributed by atoms with E-state index in [2.05, 4.69) is 22.4 Å². The lowest BCUT2D eigenvalue weighted by atomic mass is 10.2. The van der Waals surface area contributed by atoms with Gasteiger partial charge in [-0.3, -0.25) is 10.1 Å². The summed E-state index contributed by atoms with van der Waals surface area (Å²) in [5.74, 6) is 0.443. The van der Waals surface area contributed by atoms with Crippen molar-refractivity contribution in [1.82, 2.24) is 10.2 Å². The molecule has 1 aromatic carbocycles. The zero-order valence-electron chi connectivity index (χ0n) is 12.9. The number of carbonyl (C=O) groups is 1. The van der Waals surface area contributed by atoms with E-state index in [9.17, 15) is 4.79 Å². The first-order valence-electron chi connectivity index (χ1n) is 7.71. The topological polar surface area (TPSA) is 73.3 Å². The molecule has 1 unspecified atom stereocenters. The van der Waals surface area contributed by atoms with Gasteiger partial charge in [-0.2, -0.15) is 0 Å². The van der Waals surface area contributed by atoms with Gasteiger partial charge in [0.25, 0.3) is 5.91 Å². The average molecular weight is 333 g/mol.